The molecule has 1 atom stereocenters. The number of aryl methyl sites for hydroxylation is 1. The molecule has 1 N–H and O–H groups in total. The number of carboxylic acids is 1. The summed E-state index contributed by atoms with van der Waals surface area (Å²) in [6, 6.07) is 8.15. The number of unbranched alkanes of at least 4 members (excludes halogenated alkanes) is 1. The summed E-state index contributed by atoms with van der Waals surface area (Å²) in [7, 11) is 0. The number of carbonyl (C=O) groups is 1. The first kappa shape index (κ1) is 12.7. The Morgan fingerprint density at radius 3 is 2.78 bits per heavy atom. The summed E-state index contributed by atoms with van der Waals surface area (Å²) in [5, 5.41) is 9.56. The highest BCUT2D eigenvalue weighted by molar-refractivity contribution is 5.75. The molecule has 94 valence electrons. The normalized spacial score (nSPS) is 21.9. The number of carboxylic acid groups (broad SMARTS) is 1. The molecule has 0 spiro atoms. The smallest absolute Gasteiger partial charge is 0.309 e. The van der Waals surface area contributed by atoms with Crippen molar-refractivity contribution >= 4 is 5.97 Å². The fraction of sp³-hybridized carbons (Fsp3) is 0.438. The SMILES string of the molecule is C#CCCCC1(C(=O)O)CCc2ccccc2C1. The summed E-state index contributed by atoms with van der Waals surface area (Å²) in [6.45, 7) is 0. The molecule has 0 amide bonds. The Hall–Kier alpha value is -1.75. The Morgan fingerprint density at radius 1 is 1.39 bits per heavy atom. The van der Waals surface area contributed by atoms with E-state index < -0.39 is 11.4 Å². The van der Waals surface area contributed by atoms with E-state index in [-0.39, 0.29) is 0 Å². The first-order valence-corrected chi connectivity index (χ1v) is 6.42. The quantitative estimate of drug-likeness (QED) is 0.651. The van der Waals surface area contributed by atoms with Crippen molar-refractivity contribution in [3.05, 3.63) is 35.4 Å². The van der Waals surface area contributed by atoms with Crippen LogP contribution in [-0.2, 0) is 17.6 Å². The van der Waals surface area contributed by atoms with Gasteiger partial charge >= 0.3 is 5.97 Å². The highest BCUT2D eigenvalue weighted by Gasteiger charge is 2.40. The third kappa shape index (κ3) is 2.41. The van der Waals surface area contributed by atoms with E-state index in [2.05, 4.69) is 12.0 Å². The number of fused-ring (bicyclic) bond motifs is 1. The van der Waals surface area contributed by atoms with Crippen LogP contribution < -0.4 is 0 Å². The van der Waals surface area contributed by atoms with Crippen molar-refractivity contribution in [2.45, 2.75) is 38.5 Å². The third-order valence-corrected chi connectivity index (χ3v) is 3.95. The second-order valence-corrected chi connectivity index (χ2v) is 5.09. The lowest BCUT2D eigenvalue weighted by Crippen LogP contribution is -2.37. The number of terminal acetylenes is 1. The molecule has 1 unspecified atom stereocenters. The molecule has 1 aliphatic rings. The molecule has 2 heteroatoms. The second kappa shape index (κ2) is 5.27. The molecule has 0 fully saturated rings. The molecule has 1 aliphatic carbocycles. The molecular formula is C16H18O2. The van der Waals surface area contributed by atoms with Gasteiger partial charge in [-0.1, -0.05) is 24.3 Å². The summed E-state index contributed by atoms with van der Waals surface area (Å²) in [5.74, 6) is 1.92. The maximum Gasteiger partial charge on any atom is 0.309 e. The summed E-state index contributed by atoms with van der Waals surface area (Å²) in [6.07, 6.45) is 9.61. The minimum absolute atomic E-state index is 0.606. The molecule has 1 aromatic carbocycles. The van der Waals surface area contributed by atoms with Crippen LogP contribution in [0.2, 0.25) is 0 Å². The zero-order valence-corrected chi connectivity index (χ0v) is 10.5. The molecule has 0 aromatic heterocycles. The highest BCUT2D eigenvalue weighted by atomic mass is 16.4. The minimum Gasteiger partial charge on any atom is -0.481 e. The van der Waals surface area contributed by atoms with Crippen LogP contribution in [0.3, 0.4) is 0 Å². The molecule has 0 heterocycles. The van der Waals surface area contributed by atoms with Gasteiger partial charge < -0.3 is 5.11 Å². The number of benzene rings is 1. The van der Waals surface area contributed by atoms with Gasteiger partial charge in [-0.2, -0.15) is 0 Å². The van der Waals surface area contributed by atoms with Crippen LogP contribution in [0, 0.1) is 17.8 Å². The van der Waals surface area contributed by atoms with Crippen LogP contribution >= 0.6 is 0 Å². The Bertz CT molecular complexity index is 484. The van der Waals surface area contributed by atoms with Crippen molar-refractivity contribution in [3.63, 3.8) is 0 Å². The predicted molar refractivity (Wildman–Crippen MR) is 71.2 cm³/mol. The molecular weight excluding hydrogens is 224 g/mol. The first-order valence-electron chi connectivity index (χ1n) is 6.42. The van der Waals surface area contributed by atoms with Gasteiger partial charge in [-0.15, -0.1) is 12.3 Å². The van der Waals surface area contributed by atoms with Crippen LogP contribution in [0.25, 0.3) is 0 Å². The monoisotopic (exact) mass is 242 g/mol. The lowest BCUT2D eigenvalue weighted by Gasteiger charge is -2.34. The van der Waals surface area contributed by atoms with E-state index >= 15 is 0 Å². The summed E-state index contributed by atoms with van der Waals surface area (Å²) in [5.41, 5.74) is 1.88. The first-order chi connectivity index (χ1) is 8.68. The van der Waals surface area contributed by atoms with Gasteiger partial charge in [0, 0.05) is 6.42 Å². The van der Waals surface area contributed by atoms with Gasteiger partial charge in [-0.3, -0.25) is 4.79 Å². The molecule has 0 aliphatic heterocycles. The Labute approximate surface area is 108 Å². The third-order valence-electron chi connectivity index (χ3n) is 3.95. The maximum absolute atomic E-state index is 11.6. The van der Waals surface area contributed by atoms with Gasteiger partial charge in [0.2, 0.25) is 0 Å². The zero-order valence-electron chi connectivity index (χ0n) is 10.5. The van der Waals surface area contributed by atoms with Crippen LogP contribution in [-0.4, -0.2) is 11.1 Å². The van der Waals surface area contributed by atoms with E-state index in [1.165, 1.54) is 11.1 Å². The van der Waals surface area contributed by atoms with E-state index in [1.54, 1.807) is 0 Å². The lowest BCUT2D eigenvalue weighted by molar-refractivity contribution is -0.150. The number of aliphatic carboxylic acids is 1. The van der Waals surface area contributed by atoms with Crippen molar-refractivity contribution in [1.82, 2.24) is 0 Å². The van der Waals surface area contributed by atoms with Crippen molar-refractivity contribution in [2.24, 2.45) is 5.41 Å². The van der Waals surface area contributed by atoms with Gasteiger partial charge in [0.1, 0.15) is 0 Å². The number of hydrogen-bond donors (Lipinski definition) is 1. The molecule has 0 radical (unpaired) electrons. The fourth-order valence-corrected chi connectivity index (χ4v) is 2.83. The van der Waals surface area contributed by atoms with Gasteiger partial charge in [-0.05, 0) is 43.2 Å². The van der Waals surface area contributed by atoms with Crippen molar-refractivity contribution in [3.8, 4) is 12.3 Å². The largest absolute Gasteiger partial charge is 0.481 e. The van der Waals surface area contributed by atoms with Crippen LogP contribution in [0.1, 0.15) is 36.8 Å². The van der Waals surface area contributed by atoms with Crippen LogP contribution in [0.4, 0.5) is 0 Å². The zero-order chi connectivity index (χ0) is 13.0. The van der Waals surface area contributed by atoms with Crippen LogP contribution in [0.15, 0.2) is 24.3 Å². The molecule has 0 bridgehead atoms. The average molecular weight is 242 g/mol. The summed E-state index contributed by atoms with van der Waals surface area (Å²) < 4.78 is 0. The average Bonchev–Trinajstić information content (AvgIpc) is 2.38. The van der Waals surface area contributed by atoms with E-state index in [9.17, 15) is 9.90 Å². The molecule has 0 saturated heterocycles. The predicted octanol–water partition coefficient (Wildman–Crippen LogP) is 3.05. The van der Waals surface area contributed by atoms with Gasteiger partial charge in [-0.25, -0.2) is 0 Å². The lowest BCUT2D eigenvalue weighted by atomic mass is 9.69. The van der Waals surface area contributed by atoms with Crippen molar-refractivity contribution in [1.29, 1.82) is 0 Å². The minimum atomic E-state index is -0.672. The van der Waals surface area contributed by atoms with Gasteiger partial charge in [0.05, 0.1) is 5.41 Å². The number of hydrogen-bond acceptors (Lipinski definition) is 1. The molecule has 0 saturated carbocycles. The second-order valence-electron chi connectivity index (χ2n) is 5.09. The Morgan fingerprint density at radius 2 is 2.11 bits per heavy atom. The summed E-state index contributed by atoms with van der Waals surface area (Å²) >= 11 is 0. The fourth-order valence-electron chi connectivity index (χ4n) is 2.83. The Kier molecular flexibility index (Phi) is 3.72. The topological polar surface area (TPSA) is 37.3 Å². The number of rotatable bonds is 4. The van der Waals surface area contributed by atoms with Crippen molar-refractivity contribution < 1.29 is 9.90 Å². The molecule has 1 aromatic rings. The molecule has 2 rings (SSSR count). The molecule has 18 heavy (non-hydrogen) atoms. The van der Waals surface area contributed by atoms with E-state index in [0.29, 0.717) is 19.3 Å². The van der Waals surface area contributed by atoms with E-state index in [4.69, 9.17) is 6.42 Å². The maximum atomic E-state index is 11.6. The van der Waals surface area contributed by atoms with E-state index in [1.807, 2.05) is 18.2 Å². The summed E-state index contributed by atoms with van der Waals surface area (Å²) in [4.78, 5) is 11.6. The standard InChI is InChI=1S/C16H18O2/c1-2-3-6-10-16(15(17)18)11-9-13-7-4-5-8-14(13)12-16/h1,4-5,7-8H,3,6,9-12H2,(H,17,18). The highest BCUT2D eigenvalue weighted by Crippen LogP contribution is 2.39. The van der Waals surface area contributed by atoms with E-state index in [0.717, 1.165) is 19.3 Å². The van der Waals surface area contributed by atoms with Crippen molar-refractivity contribution in [2.75, 3.05) is 0 Å². The molecule has 2 nitrogen and oxygen atoms in total. The van der Waals surface area contributed by atoms with Crippen LogP contribution in [0.5, 0.6) is 0 Å². The van der Waals surface area contributed by atoms with Gasteiger partial charge in [0.25, 0.3) is 0 Å². The van der Waals surface area contributed by atoms with Gasteiger partial charge in [0.15, 0.2) is 0 Å². The Balaban J connectivity index is 2.19.